The summed E-state index contributed by atoms with van der Waals surface area (Å²) >= 11 is 0. The maximum Gasteiger partial charge on any atom is 0.449 e. The van der Waals surface area contributed by atoms with E-state index < -0.39 is 180 Å². The second kappa shape index (κ2) is 38.4. The van der Waals surface area contributed by atoms with Gasteiger partial charge >= 0.3 is 64.4 Å². The van der Waals surface area contributed by atoms with Gasteiger partial charge in [-0.3, -0.25) is 42.0 Å². The third-order valence-electron chi connectivity index (χ3n) is 15.0. The molecule has 3 aliphatic heterocycles. The second-order valence-electron chi connectivity index (χ2n) is 22.6. The van der Waals surface area contributed by atoms with Gasteiger partial charge in [0, 0.05) is 11.8 Å². The van der Waals surface area contributed by atoms with Crippen LogP contribution < -0.4 is 22.0 Å². The fourth-order valence-corrected chi connectivity index (χ4v) is 14.9. The molecule has 3 fully saturated rings. The number of aromatic hydroxyl groups is 2. The smallest absolute Gasteiger partial charge is 0.449 e. The van der Waals surface area contributed by atoms with Crippen molar-refractivity contribution < 1.29 is 148 Å². The number of aromatic nitrogens is 7. The molecule has 43 heteroatoms. The number of amides is 3. The van der Waals surface area contributed by atoms with E-state index >= 15 is 0 Å². The van der Waals surface area contributed by atoms with Crippen LogP contribution in [0.25, 0.3) is 0 Å². The summed E-state index contributed by atoms with van der Waals surface area (Å²) in [6.07, 6.45) is -14.8. The van der Waals surface area contributed by atoms with Gasteiger partial charge < -0.3 is 109 Å². The predicted octanol–water partition coefficient (Wildman–Crippen LogP) is 2.81. The van der Waals surface area contributed by atoms with Crippen molar-refractivity contribution in [1.82, 2.24) is 29.2 Å². The van der Waals surface area contributed by atoms with Crippen LogP contribution in [0.2, 0.25) is 0 Å². The first kappa shape index (κ1) is 84.1. The molecule has 0 spiro atoms. The Morgan fingerprint density at radius 1 is 0.486 bits per heavy atom. The molecule has 14 N–H and O–H groups in total. The van der Waals surface area contributed by atoms with E-state index in [0.717, 1.165) is 35.0 Å². The molecule has 0 saturated carbocycles. The standard InChI is InChI=1S/C27H30N3O10P.C25H29O10P.C9H14N3O8P.C3H4N4O2/c1-3-36-41(35,37-4-2)15-19-21(39-26(33)17-11-7-5-8-12-17)22(40-27(34)18-13-9-6-10-14-18)25(38-19)30-16-29-20(23(28)31)24(30)32;1-4-30-36(29,31-5-2)16-20-21(34-23(27)18-12-8-6-9-13-18)22(25(33-20)32-17(3)26)35-24(28)19-14-10-7-11-15-19;10-7(15)4-8(16)12(2-11-4)9-6(14)5(13)3(20-9)1-21(17,18)19;4-2(8)3-5-1-6-7(3)9/h5-14,16,19,21-22,25,32H,3-4,15H2,1-2H3,(H2,28,31);6-15,20-22,25H,4-5,16H2,1-3H3;2-3,5-6,9,13-14,16H,1H2,(H2,10,15)(H2,17,18,19);1,9H,(H2,4,8)/p+1/t19-,21-,22?,25-;20-,21-,22?,25-;3-,5+,6?,9-;/m111./s1. The highest BCUT2D eigenvalue weighted by Crippen LogP contribution is 2.53. The van der Waals surface area contributed by atoms with Crippen LogP contribution in [0.4, 0.5) is 0 Å². The molecule has 3 aliphatic rings. The molecule has 578 valence electrons. The molecule has 0 bridgehead atoms. The number of aromatic amines is 1. The maximum absolute atomic E-state index is 13.5. The normalized spacial score (nSPS) is 21.7. The first-order valence-corrected chi connectivity index (χ1v) is 37.4. The Balaban J connectivity index is 0.000000219. The summed E-state index contributed by atoms with van der Waals surface area (Å²) in [4.78, 5) is 126. The van der Waals surface area contributed by atoms with Gasteiger partial charge in [0.15, 0.2) is 42.2 Å². The fourth-order valence-electron chi connectivity index (χ4n) is 10.5. The summed E-state index contributed by atoms with van der Waals surface area (Å²) < 4.78 is 107. The largest absolute Gasteiger partial charge is 0.493 e. The number of hydrogen-bond donors (Lipinski definition) is 11. The maximum atomic E-state index is 13.5. The molecule has 4 aromatic carbocycles. The lowest BCUT2D eigenvalue weighted by Crippen LogP contribution is -2.42. The van der Waals surface area contributed by atoms with Gasteiger partial charge in [-0.05, 0) is 81.2 Å². The second-order valence-corrected chi connectivity index (χ2v) is 28.5. The summed E-state index contributed by atoms with van der Waals surface area (Å²) in [6, 6.07) is 32.4. The van der Waals surface area contributed by atoms with Crippen molar-refractivity contribution in [3.05, 3.63) is 180 Å². The average Bonchev–Trinajstić information content (AvgIpc) is 1.62. The van der Waals surface area contributed by atoms with Crippen molar-refractivity contribution >= 4 is 70.4 Å². The number of primary amides is 3. The number of nitrogens with one attached hydrogen (secondary N) is 1. The number of imidazole rings is 2. The van der Waals surface area contributed by atoms with Gasteiger partial charge in [0.1, 0.15) is 43.2 Å². The molecule has 3 saturated heterocycles. The number of nitrogens with two attached hydrogens (primary N) is 3. The number of benzene rings is 4. The third-order valence-corrected chi connectivity index (χ3v) is 20.1. The van der Waals surface area contributed by atoms with Crippen LogP contribution in [0.1, 0.15) is 120 Å². The number of nitrogens with zero attached hydrogens (tertiary/aromatic N) is 6. The minimum absolute atomic E-state index is 0.0542. The van der Waals surface area contributed by atoms with E-state index in [1.807, 2.05) is 0 Å². The first-order valence-electron chi connectivity index (χ1n) is 32.2. The van der Waals surface area contributed by atoms with Crippen LogP contribution >= 0.6 is 22.8 Å². The molecule has 40 nitrogen and oxygen atoms in total. The number of carbonyl (C=O) groups is 8. The highest BCUT2D eigenvalue weighted by Gasteiger charge is 2.56. The number of rotatable bonds is 28. The van der Waals surface area contributed by atoms with Crippen molar-refractivity contribution in [2.24, 2.45) is 17.2 Å². The first-order chi connectivity index (χ1) is 50.8. The molecule has 6 heterocycles. The van der Waals surface area contributed by atoms with Crippen molar-refractivity contribution in [2.75, 3.05) is 44.9 Å². The predicted molar refractivity (Wildman–Crippen MR) is 361 cm³/mol. The van der Waals surface area contributed by atoms with Crippen LogP contribution in [0.5, 0.6) is 11.8 Å². The highest BCUT2D eigenvalue weighted by molar-refractivity contribution is 7.54. The van der Waals surface area contributed by atoms with E-state index in [-0.39, 0.29) is 60.7 Å². The van der Waals surface area contributed by atoms with Crippen molar-refractivity contribution in [1.29, 1.82) is 0 Å². The molecule has 107 heavy (non-hydrogen) atoms. The minimum atomic E-state index is -4.48. The van der Waals surface area contributed by atoms with Crippen molar-refractivity contribution in [3.8, 4) is 11.8 Å². The van der Waals surface area contributed by atoms with Gasteiger partial charge in [0.25, 0.3) is 11.8 Å². The van der Waals surface area contributed by atoms with Gasteiger partial charge in [-0.25, -0.2) is 29.1 Å². The Morgan fingerprint density at radius 2 is 0.841 bits per heavy atom. The fraction of sp³-hybridized carbons (Fsp3) is 0.375. The summed E-state index contributed by atoms with van der Waals surface area (Å²) in [5.74, 6) is -8.14. The van der Waals surface area contributed by atoms with E-state index in [1.165, 1.54) is 24.3 Å². The van der Waals surface area contributed by atoms with Crippen LogP contribution in [0.3, 0.4) is 0 Å². The van der Waals surface area contributed by atoms with Crippen LogP contribution in [-0.4, -0.2) is 218 Å². The number of esters is 5. The summed E-state index contributed by atoms with van der Waals surface area (Å²) in [6.45, 7) is 8.03. The molecule has 3 aromatic heterocycles. The molecule has 10 rings (SSSR count). The molecular formula is C64H78N10O30P3+. The lowest BCUT2D eigenvalue weighted by atomic mass is 10.1. The number of carbonyl (C=O) groups excluding carboxylic acids is 8. The van der Waals surface area contributed by atoms with Crippen LogP contribution in [0, 0.1) is 0 Å². The molecule has 3 amide bonds. The number of ether oxygens (including phenoxy) is 8. The van der Waals surface area contributed by atoms with E-state index in [1.54, 1.807) is 125 Å². The van der Waals surface area contributed by atoms with Gasteiger partial charge in [-0.2, -0.15) is 5.10 Å². The molecule has 7 aromatic rings. The highest BCUT2D eigenvalue weighted by atomic mass is 31.2. The minimum Gasteiger partial charge on any atom is -0.493 e. The Kier molecular flexibility index (Phi) is 30.2. The monoisotopic (exact) mass is 1560 g/mol. The van der Waals surface area contributed by atoms with Crippen molar-refractivity contribution in [3.63, 3.8) is 0 Å². The number of H-pyrrole nitrogens is 1. The zero-order chi connectivity index (χ0) is 78.5. The van der Waals surface area contributed by atoms with E-state index in [2.05, 4.69) is 20.1 Å². The molecule has 0 aliphatic carbocycles. The molecule has 3 unspecified atom stereocenters. The SMILES string of the molecule is CCOP(=O)(C[C@H]1O[C@@H](OC(C)=O)C(OC(=O)c2ccccc2)[C@@H]1OC(=O)c1ccccc1)OCC.CCOP(=O)(C[C@H]1O[C@@H](n2cnc(C(N)=O)c2O)C(OC(=O)c2ccccc2)[C@@H]1OC(=O)c1ccccc1)OCC.NC(=O)c1nc[nH][n+]1O.NC(=O)c1ncn([C@@H]2O[C@H](CP(=O)(O)O)[C@H](O)C2O)c1O. The Bertz CT molecular complexity index is 4300. The topological polar surface area (TPSA) is 586 Å². The number of hydrogen-bond acceptors (Lipinski definition) is 31. The summed E-state index contributed by atoms with van der Waals surface area (Å²) in [5.41, 5.74) is 15.0. The van der Waals surface area contributed by atoms with Crippen LogP contribution in [0.15, 0.2) is 140 Å². The molecular weight excluding hydrogens is 1480 g/mol. The van der Waals surface area contributed by atoms with Gasteiger partial charge in [-0.15, -0.1) is 0 Å². The lowest BCUT2D eigenvalue weighted by molar-refractivity contribution is -0.947. The number of aliphatic hydroxyl groups excluding tert-OH is 2. The summed E-state index contributed by atoms with van der Waals surface area (Å²) in [7, 11) is -12.0. The van der Waals surface area contributed by atoms with Crippen molar-refractivity contribution in [2.45, 2.75) is 108 Å². The quantitative estimate of drug-likeness (QED) is 0.0110. The van der Waals surface area contributed by atoms with Crippen LogP contribution in [-0.2, 0) is 74.5 Å². The molecule has 12 atom stereocenters. The van der Waals surface area contributed by atoms with E-state index in [0.29, 0.717) is 4.85 Å². The van der Waals surface area contributed by atoms with Gasteiger partial charge in [0.2, 0.25) is 30.5 Å². The Morgan fingerprint density at radius 3 is 1.17 bits per heavy atom. The zero-order valence-corrected chi connectivity index (χ0v) is 60.1. The lowest BCUT2D eigenvalue weighted by Gasteiger charge is -2.26. The Labute approximate surface area is 607 Å². The third kappa shape index (κ3) is 22.7. The van der Waals surface area contributed by atoms with Gasteiger partial charge in [-0.1, -0.05) is 72.8 Å². The Hall–Kier alpha value is -10.1. The van der Waals surface area contributed by atoms with Gasteiger partial charge in [0.05, 0.1) is 67.2 Å². The number of aliphatic hydroxyl groups is 2. The molecule has 0 radical (unpaired) electrons. The average molecular weight is 1560 g/mol. The van der Waals surface area contributed by atoms with E-state index in [4.69, 9.17) is 88.2 Å². The zero-order valence-electron chi connectivity index (χ0n) is 57.4. The summed E-state index contributed by atoms with van der Waals surface area (Å²) in [5, 5.41) is 50.9. The van der Waals surface area contributed by atoms with E-state index in [9.17, 15) is 72.5 Å².